The van der Waals surface area contributed by atoms with Gasteiger partial charge in [-0.15, -0.1) is 0 Å². The minimum atomic E-state index is -0.319. The molecule has 0 radical (unpaired) electrons. The van der Waals surface area contributed by atoms with Gasteiger partial charge in [-0.1, -0.05) is 13.8 Å². The van der Waals surface area contributed by atoms with Gasteiger partial charge in [0.25, 0.3) is 0 Å². The lowest BCUT2D eigenvalue weighted by molar-refractivity contribution is -0.142. The van der Waals surface area contributed by atoms with Crippen molar-refractivity contribution in [3.63, 3.8) is 0 Å². The Labute approximate surface area is 90.8 Å². The maximum absolute atomic E-state index is 11.3. The summed E-state index contributed by atoms with van der Waals surface area (Å²) < 4.78 is 4.53. The average molecular weight is 216 g/mol. The molecule has 0 spiro atoms. The maximum atomic E-state index is 11.3. The molecule has 0 saturated heterocycles. The van der Waals surface area contributed by atoms with Gasteiger partial charge in [0.2, 0.25) is 5.91 Å². The first-order valence-electron chi connectivity index (χ1n) is 5.19. The van der Waals surface area contributed by atoms with Crippen molar-refractivity contribution in [2.75, 3.05) is 33.3 Å². The predicted octanol–water partition coefficient (Wildman–Crippen LogP) is 0.00750. The number of hydrogen-bond acceptors (Lipinski definition) is 4. The Bertz CT molecular complexity index is 207. The maximum Gasteiger partial charge on any atom is 0.319 e. The number of esters is 1. The Morgan fingerprint density at radius 2 is 1.93 bits per heavy atom. The van der Waals surface area contributed by atoms with Gasteiger partial charge in [0.05, 0.1) is 20.2 Å². The van der Waals surface area contributed by atoms with Crippen LogP contribution in [0.5, 0.6) is 0 Å². The number of ether oxygens (including phenoxy) is 1. The number of nitrogens with one attached hydrogen (secondary N) is 1. The first-order chi connectivity index (χ1) is 7.13. The van der Waals surface area contributed by atoms with Crippen LogP contribution in [0.25, 0.3) is 0 Å². The first kappa shape index (κ1) is 13.9. The zero-order chi connectivity index (χ0) is 11.7. The highest BCUT2D eigenvalue weighted by Gasteiger charge is 2.12. The van der Waals surface area contributed by atoms with Crippen LogP contribution in [-0.2, 0) is 14.3 Å². The van der Waals surface area contributed by atoms with Gasteiger partial charge in [0, 0.05) is 6.54 Å². The second kappa shape index (κ2) is 8.23. The summed E-state index contributed by atoms with van der Waals surface area (Å²) in [6.45, 7) is 5.61. The molecule has 0 bridgehead atoms. The van der Waals surface area contributed by atoms with E-state index in [2.05, 4.69) is 10.1 Å². The molecule has 0 fully saturated rings. The van der Waals surface area contributed by atoms with Gasteiger partial charge in [0.1, 0.15) is 0 Å². The fourth-order valence-electron chi connectivity index (χ4n) is 1.05. The van der Waals surface area contributed by atoms with Gasteiger partial charge in [-0.3, -0.25) is 14.5 Å². The van der Waals surface area contributed by atoms with Crippen molar-refractivity contribution in [3.05, 3.63) is 0 Å². The number of carbonyl (C=O) groups is 2. The van der Waals surface area contributed by atoms with Crippen LogP contribution < -0.4 is 5.32 Å². The fourth-order valence-corrected chi connectivity index (χ4v) is 1.05. The van der Waals surface area contributed by atoms with E-state index in [1.807, 2.05) is 13.8 Å². The van der Waals surface area contributed by atoms with Crippen LogP contribution in [0.15, 0.2) is 0 Å². The second-order valence-electron chi connectivity index (χ2n) is 3.23. The number of carbonyl (C=O) groups excluding carboxylic acids is 2. The summed E-state index contributed by atoms with van der Waals surface area (Å²) in [5, 5.41) is 2.76. The van der Waals surface area contributed by atoms with Crippen molar-refractivity contribution in [2.24, 2.45) is 0 Å². The molecule has 0 aliphatic heterocycles. The molecule has 0 heterocycles. The quantitative estimate of drug-likeness (QED) is 0.609. The Balaban J connectivity index is 3.87. The molecule has 1 N–H and O–H groups in total. The van der Waals surface area contributed by atoms with Crippen LogP contribution >= 0.6 is 0 Å². The van der Waals surface area contributed by atoms with E-state index in [0.29, 0.717) is 13.1 Å². The van der Waals surface area contributed by atoms with E-state index in [-0.39, 0.29) is 25.0 Å². The summed E-state index contributed by atoms with van der Waals surface area (Å²) in [4.78, 5) is 24.1. The lowest BCUT2D eigenvalue weighted by Crippen LogP contribution is -2.40. The summed E-state index contributed by atoms with van der Waals surface area (Å²) in [7, 11) is 1.34. The van der Waals surface area contributed by atoms with Crippen molar-refractivity contribution in [2.45, 2.75) is 20.3 Å². The van der Waals surface area contributed by atoms with E-state index >= 15 is 0 Å². The number of likely N-dealkylation sites (N-methyl/N-ethyl adjacent to an activating group) is 1. The number of methoxy groups -OCH3 is 1. The molecule has 0 atom stereocenters. The zero-order valence-electron chi connectivity index (χ0n) is 9.71. The molecular weight excluding hydrogens is 196 g/mol. The van der Waals surface area contributed by atoms with Crippen molar-refractivity contribution < 1.29 is 14.3 Å². The zero-order valence-corrected chi connectivity index (χ0v) is 9.71. The minimum Gasteiger partial charge on any atom is -0.468 e. The van der Waals surface area contributed by atoms with E-state index in [1.54, 1.807) is 4.90 Å². The number of hydrogen-bond donors (Lipinski definition) is 1. The van der Waals surface area contributed by atoms with Gasteiger partial charge < -0.3 is 10.1 Å². The van der Waals surface area contributed by atoms with E-state index in [1.165, 1.54) is 7.11 Å². The van der Waals surface area contributed by atoms with Crippen LogP contribution in [-0.4, -0.2) is 50.1 Å². The lowest BCUT2D eigenvalue weighted by atomic mass is 10.4. The monoisotopic (exact) mass is 216 g/mol. The number of rotatable bonds is 7. The number of nitrogens with zero attached hydrogens (tertiary/aromatic N) is 1. The number of amides is 1. The van der Waals surface area contributed by atoms with Crippen molar-refractivity contribution in [1.82, 2.24) is 10.2 Å². The lowest BCUT2D eigenvalue weighted by Gasteiger charge is -2.17. The molecule has 0 unspecified atom stereocenters. The molecular formula is C10H20N2O3. The second-order valence-corrected chi connectivity index (χ2v) is 3.23. The summed E-state index contributed by atoms with van der Waals surface area (Å²) in [6.07, 6.45) is 0.912. The Morgan fingerprint density at radius 3 is 2.40 bits per heavy atom. The molecule has 0 aliphatic rings. The SMILES string of the molecule is CCCNC(=O)CN(CC)CC(=O)OC. The summed E-state index contributed by atoms with van der Waals surface area (Å²) in [5.74, 6) is -0.372. The standard InChI is InChI=1S/C10H20N2O3/c1-4-6-11-9(13)7-12(5-2)8-10(14)15-3/h4-8H2,1-3H3,(H,11,13). The summed E-state index contributed by atoms with van der Waals surface area (Å²) >= 11 is 0. The van der Waals surface area contributed by atoms with E-state index in [9.17, 15) is 9.59 Å². The highest BCUT2D eigenvalue weighted by atomic mass is 16.5. The largest absolute Gasteiger partial charge is 0.468 e. The molecule has 5 heteroatoms. The molecule has 15 heavy (non-hydrogen) atoms. The average Bonchev–Trinajstić information content (AvgIpc) is 2.25. The summed E-state index contributed by atoms with van der Waals surface area (Å²) in [6, 6.07) is 0. The highest BCUT2D eigenvalue weighted by Crippen LogP contribution is 1.89. The van der Waals surface area contributed by atoms with Gasteiger partial charge in [-0.2, -0.15) is 0 Å². The fraction of sp³-hybridized carbons (Fsp3) is 0.800. The Kier molecular flexibility index (Phi) is 7.62. The van der Waals surface area contributed by atoms with Crippen LogP contribution in [0.1, 0.15) is 20.3 Å². The van der Waals surface area contributed by atoms with E-state index in [4.69, 9.17) is 0 Å². The molecule has 88 valence electrons. The Hall–Kier alpha value is -1.10. The molecule has 0 saturated carbocycles. The smallest absolute Gasteiger partial charge is 0.319 e. The van der Waals surface area contributed by atoms with E-state index in [0.717, 1.165) is 6.42 Å². The molecule has 0 aromatic rings. The normalized spacial score (nSPS) is 10.1. The van der Waals surface area contributed by atoms with Gasteiger partial charge in [-0.25, -0.2) is 0 Å². The molecule has 0 aromatic heterocycles. The third-order valence-electron chi connectivity index (χ3n) is 1.97. The Morgan fingerprint density at radius 1 is 1.27 bits per heavy atom. The van der Waals surface area contributed by atoms with Crippen LogP contribution in [0.3, 0.4) is 0 Å². The van der Waals surface area contributed by atoms with Gasteiger partial charge in [0.15, 0.2) is 0 Å². The van der Waals surface area contributed by atoms with Crippen LogP contribution in [0, 0.1) is 0 Å². The third-order valence-corrected chi connectivity index (χ3v) is 1.97. The molecule has 0 aromatic carbocycles. The predicted molar refractivity (Wildman–Crippen MR) is 57.4 cm³/mol. The molecule has 0 rings (SSSR count). The van der Waals surface area contributed by atoms with Crippen molar-refractivity contribution in [1.29, 1.82) is 0 Å². The van der Waals surface area contributed by atoms with Crippen LogP contribution in [0.4, 0.5) is 0 Å². The minimum absolute atomic E-state index is 0.0531. The highest BCUT2D eigenvalue weighted by molar-refractivity contribution is 5.79. The van der Waals surface area contributed by atoms with E-state index < -0.39 is 0 Å². The van der Waals surface area contributed by atoms with Crippen LogP contribution in [0.2, 0.25) is 0 Å². The first-order valence-corrected chi connectivity index (χ1v) is 5.19. The van der Waals surface area contributed by atoms with Gasteiger partial charge in [-0.05, 0) is 13.0 Å². The topological polar surface area (TPSA) is 58.6 Å². The molecule has 0 aliphatic carbocycles. The molecule has 5 nitrogen and oxygen atoms in total. The summed E-state index contributed by atoms with van der Waals surface area (Å²) in [5.41, 5.74) is 0. The molecule has 1 amide bonds. The van der Waals surface area contributed by atoms with Gasteiger partial charge >= 0.3 is 5.97 Å². The van der Waals surface area contributed by atoms with Crippen molar-refractivity contribution in [3.8, 4) is 0 Å². The van der Waals surface area contributed by atoms with Crippen molar-refractivity contribution >= 4 is 11.9 Å². The third kappa shape index (κ3) is 6.90.